The third kappa shape index (κ3) is 5.21. The molecule has 0 saturated heterocycles. The molecule has 3 heterocycles. The van der Waals surface area contributed by atoms with Crippen LogP contribution in [0.2, 0.25) is 0 Å². The molecule has 174 valence electrons. The quantitative estimate of drug-likeness (QED) is 0.604. The zero-order chi connectivity index (χ0) is 23.8. The number of ether oxygens (including phenoxy) is 2. The van der Waals surface area contributed by atoms with Crippen LogP contribution in [0.15, 0.2) is 36.7 Å². The Labute approximate surface area is 191 Å². The van der Waals surface area contributed by atoms with Gasteiger partial charge < -0.3 is 14.8 Å². The lowest BCUT2D eigenvalue weighted by Crippen LogP contribution is -2.29. The molecule has 1 saturated carbocycles. The van der Waals surface area contributed by atoms with Crippen LogP contribution in [0.5, 0.6) is 5.88 Å². The molecule has 1 unspecified atom stereocenters. The summed E-state index contributed by atoms with van der Waals surface area (Å²) in [6, 6.07) is 7.10. The van der Waals surface area contributed by atoms with Gasteiger partial charge in [-0.2, -0.15) is 15.2 Å². The summed E-state index contributed by atoms with van der Waals surface area (Å²) in [5.74, 6) is 0.832. The molecule has 1 fully saturated rings. The van der Waals surface area contributed by atoms with E-state index in [2.05, 4.69) is 20.5 Å². The Morgan fingerprint density at radius 3 is 2.67 bits per heavy atom. The summed E-state index contributed by atoms with van der Waals surface area (Å²) >= 11 is 0. The predicted molar refractivity (Wildman–Crippen MR) is 121 cm³/mol. The molecule has 3 aromatic rings. The summed E-state index contributed by atoms with van der Waals surface area (Å²) in [6.45, 7) is 7.12. The van der Waals surface area contributed by atoms with E-state index in [9.17, 15) is 9.59 Å². The summed E-state index contributed by atoms with van der Waals surface area (Å²) in [5.41, 5.74) is 0.795. The van der Waals surface area contributed by atoms with E-state index in [0.29, 0.717) is 29.0 Å². The normalized spacial score (nSPS) is 14.6. The Balaban J connectivity index is 1.52. The first-order chi connectivity index (χ1) is 15.6. The maximum Gasteiger partial charge on any atom is 0.437 e. The molecular formula is C23H28N6O4. The highest BCUT2D eigenvalue weighted by Gasteiger charge is 2.31. The molecule has 0 aliphatic heterocycles. The first-order valence-electron chi connectivity index (χ1n) is 10.8. The van der Waals surface area contributed by atoms with E-state index in [-0.39, 0.29) is 5.91 Å². The van der Waals surface area contributed by atoms with E-state index >= 15 is 0 Å². The topological polar surface area (TPSA) is 113 Å². The van der Waals surface area contributed by atoms with Crippen LogP contribution in [0.1, 0.15) is 63.6 Å². The van der Waals surface area contributed by atoms with Crippen molar-refractivity contribution in [1.29, 1.82) is 0 Å². The van der Waals surface area contributed by atoms with E-state index in [4.69, 9.17) is 9.47 Å². The number of aromatic nitrogens is 5. The number of pyridine rings is 1. The molecule has 1 aliphatic rings. The molecule has 0 radical (unpaired) electrons. The standard InChI is InChI=1S/C23H28N6O4/c1-14(16-12-24-28(13-16)18-7-6-8-20(25-18)32-5)21(30)26-19-11-17(15-9-10-15)27-29(19)22(31)33-23(2,3)4/h6-8,11-15H,9-10H2,1-5H3,(H,26,30). The molecule has 0 spiro atoms. The van der Waals surface area contributed by atoms with Gasteiger partial charge in [-0.05, 0) is 46.6 Å². The number of anilines is 1. The smallest absolute Gasteiger partial charge is 0.437 e. The van der Waals surface area contributed by atoms with Crippen LogP contribution in [0.4, 0.5) is 10.6 Å². The highest BCUT2D eigenvalue weighted by Crippen LogP contribution is 2.40. The van der Waals surface area contributed by atoms with Crippen molar-refractivity contribution in [3.8, 4) is 11.7 Å². The second-order valence-corrected chi connectivity index (χ2v) is 9.09. The summed E-state index contributed by atoms with van der Waals surface area (Å²) in [7, 11) is 1.55. The van der Waals surface area contributed by atoms with Gasteiger partial charge in [-0.3, -0.25) is 4.79 Å². The van der Waals surface area contributed by atoms with E-state index in [1.165, 1.54) is 0 Å². The fraction of sp³-hybridized carbons (Fsp3) is 0.435. The highest BCUT2D eigenvalue weighted by atomic mass is 16.6. The van der Waals surface area contributed by atoms with Crippen molar-refractivity contribution in [3.63, 3.8) is 0 Å². The minimum Gasteiger partial charge on any atom is -0.481 e. The fourth-order valence-corrected chi connectivity index (χ4v) is 3.23. The first-order valence-corrected chi connectivity index (χ1v) is 10.8. The molecule has 1 atom stereocenters. The van der Waals surface area contributed by atoms with Gasteiger partial charge in [0.1, 0.15) is 11.4 Å². The van der Waals surface area contributed by atoms with Gasteiger partial charge in [0.25, 0.3) is 0 Å². The first kappa shape index (κ1) is 22.5. The molecule has 1 aliphatic carbocycles. The van der Waals surface area contributed by atoms with Crippen molar-refractivity contribution in [3.05, 3.63) is 47.9 Å². The van der Waals surface area contributed by atoms with Gasteiger partial charge in [-0.25, -0.2) is 9.48 Å². The Morgan fingerprint density at radius 1 is 1.24 bits per heavy atom. The van der Waals surface area contributed by atoms with Crippen LogP contribution in [0.25, 0.3) is 5.82 Å². The summed E-state index contributed by atoms with van der Waals surface area (Å²) < 4.78 is 13.3. The molecule has 0 bridgehead atoms. The molecule has 3 aromatic heterocycles. The lowest BCUT2D eigenvalue weighted by Gasteiger charge is -2.20. The summed E-state index contributed by atoms with van der Waals surface area (Å²) in [6.07, 6.45) is 4.77. The van der Waals surface area contributed by atoms with Crippen LogP contribution in [-0.2, 0) is 9.53 Å². The maximum atomic E-state index is 13.0. The fourth-order valence-electron chi connectivity index (χ4n) is 3.23. The highest BCUT2D eigenvalue weighted by molar-refractivity contribution is 5.96. The van der Waals surface area contributed by atoms with Gasteiger partial charge in [0.15, 0.2) is 5.82 Å². The van der Waals surface area contributed by atoms with E-state index < -0.39 is 17.6 Å². The number of nitrogens with zero attached hydrogens (tertiary/aromatic N) is 5. The van der Waals surface area contributed by atoms with Crippen LogP contribution in [-0.4, -0.2) is 49.3 Å². The molecule has 10 heteroatoms. The van der Waals surface area contributed by atoms with Gasteiger partial charge in [-0.15, -0.1) is 4.68 Å². The molecule has 0 aromatic carbocycles. The molecule has 1 amide bonds. The van der Waals surface area contributed by atoms with Gasteiger partial charge in [-0.1, -0.05) is 6.07 Å². The number of hydrogen-bond acceptors (Lipinski definition) is 7. The van der Waals surface area contributed by atoms with Crippen LogP contribution >= 0.6 is 0 Å². The second kappa shape index (κ2) is 8.68. The number of carbonyl (C=O) groups is 2. The number of hydrogen-bond donors (Lipinski definition) is 1. The lowest BCUT2D eigenvalue weighted by molar-refractivity contribution is -0.117. The third-order valence-electron chi connectivity index (χ3n) is 5.19. The van der Waals surface area contributed by atoms with E-state index in [0.717, 1.165) is 23.2 Å². The number of carbonyl (C=O) groups excluding carboxylic acids is 2. The predicted octanol–water partition coefficient (Wildman–Crippen LogP) is 3.88. The molecule has 33 heavy (non-hydrogen) atoms. The van der Waals surface area contributed by atoms with Crippen molar-refractivity contribution in [2.45, 2.75) is 58.0 Å². The molecule has 4 rings (SSSR count). The van der Waals surface area contributed by atoms with Crippen molar-refractivity contribution in [1.82, 2.24) is 24.5 Å². The maximum absolute atomic E-state index is 13.0. The SMILES string of the molecule is COc1cccc(-n2cc(C(C)C(=O)Nc3cc(C4CC4)nn3C(=O)OC(C)(C)C)cn2)n1. The van der Waals surface area contributed by atoms with Crippen LogP contribution < -0.4 is 10.1 Å². The molecule has 1 N–H and O–H groups in total. The second-order valence-electron chi connectivity index (χ2n) is 9.09. The largest absolute Gasteiger partial charge is 0.481 e. The minimum atomic E-state index is -0.680. The number of nitrogens with one attached hydrogen (secondary N) is 1. The average Bonchev–Trinajstić information content (AvgIpc) is 3.34. The lowest BCUT2D eigenvalue weighted by atomic mass is 10.0. The molecule has 10 nitrogen and oxygen atoms in total. The summed E-state index contributed by atoms with van der Waals surface area (Å²) in [4.78, 5) is 30.1. The van der Waals surface area contributed by atoms with E-state index in [1.807, 2.05) is 6.07 Å². The summed E-state index contributed by atoms with van der Waals surface area (Å²) in [5, 5.41) is 11.5. The van der Waals surface area contributed by atoms with E-state index in [1.54, 1.807) is 70.1 Å². The number of methoxy groups -OCH3 is 1. The Bertz CT molecular complexity index is 1170. The van der Waals surface area contributed by atoms with Gasteiger partial charge in [0, 0.05) is 29.8 Å². The number of amides is 1. The minimum absolute atomic E-state index is 0.291. The van der Waals surface area contributed by atoms with Crippen molar-refractivity contribution in [2.24, 2.45) is 0 Å². The third-order valence-corrected chi connectivity index (χ3v) is 5.19. The van der Waals surface area contributed by atoms with Crippen molar-refractivity contribution >= 4 is 17.8 Å². The zero-order valence-corrected chi connectivity index (χ0v) is 19.4. The monoisotopic (exact) mass is 452 g/mol. The Hall–Kier alpha value is -3.69. The van der Waals surface area contributed by atoms with Crippen molar-refractivity contribution in [2.75, 3.05) is 12.4 Å². The Kier molecular flexibility index (Phi) is 5.92. The van der Waals surface area contributed by atoms with Gasteiger partial charge in [0.2, 0.25) is 11.8 Å². The zero-order valence-electron chi connectivity index (χ0n) is 19.4. The van der Waals surface area contributed by atoms with Crippen molar-refractivity contribution < 1.29 is 19.1 Å². The van der Waals surface area contributed by atoms with Crippen LogP contribution in [0.3, 0.4) is 0 Å². The van der Waals surface area contributed by atoms with Crippen LogP contribution in [0, 0.1) is 0 Å². The number of rotatable bonds is 6. The Morgan fingerprint density at radius 2 is 2.00 bits per heavy atom. The molecular weight excluding hydrogens is 424 g/mol. The van der Waals surface area contributed by atoms with Gasteiger partial charge in [0.05, 0.1) is 24.9 Å². The average molecular weight is 453 g/mol. The van der Waals surface area contributed by atoms with Gasteiger partial charge >= 0.3 is 6.09 Å².